The molecule has 2 amide bonds. The van der Waals surface area contributed by atoms with E-state index < -0.39 is 17.8 Å². The van der Waals surface area contributed by atoms with Gasteiger partial charge in [0.05, 0.1) is 0 Å². The molecule has 0 saturated carbocycles. The Bertz CT molecular complexity index is 498. The van der Waals surface area contributed by atoms with Gasteiger partial charge in [-0.2, -0.15) is 0 Å². The van der Waals surface area contributed by atoms with Crippen LogP contribution in [0.4, 0.5) is 0 Å². The standard InChI is InChI=1S/C13H16N2O5/c1-8(7-12(18)19)6-11(17)14-15-13(20)9-2-4-10(16)5-3-9/h2-5,8,16H,6-7H2,1H3,(H,14,17)(H,15,20)(H,18,19)/t8-/m0/s1. The maximum atomic E-state index is 11.6. The van der Waals surface area contributed by atoms with Gasteiger partial charge in [-0.3, -0.25) is 25.2 Å². The van der Waals surface area contributed by atoms with E-state index in [4.69, 9.17) is 10.2 Å². The number of phenolic OH excluding ortho intramolecular Hbond substituents is 1. The Morgan fingerprint density at radius 3 is 2.25 bits per heavy atom. The normalized spacial score (nSPS) is 11.4. The molecule has 4 N–H and O–H groups in total. The van der Waals surface area contributed by atoms with Crippen LogP contribution < -0.4 is 10.9 Å². The third-order valence-electron chi connectivity index (χ3n) is 2.50. The van der Waals surface area contributed by atoms with Crippen molar-refractivity contribution in [1.82, 2.24) is 10.9 Å². The summed E-state index contributed by atoms with van der Waals surface area (Å²) in [6.07, 6.45) is -0.110. The fourth-order valence-electron chi connectivity index (χ4n) is 1.55. The summed E-state index contributed by atoms with van der Waals surface area (Å²) in [4.78, 5) is 33.5. The van der Waals surface area contributed by atoms with Gasteiger partial charge in [0.2, 0.25) is 5.91 Å². The summed E-state index contributed by atoms with van der Waals surface area (Å²) in [5.41, 5.74) is 4.69. The van der Waals surface area contributed by atoms with Crippen LogP contribution in [0.15, 0.2) is 24.3 Å². The number of benzene rings is 1. The van der Waals surface area contributed by atoms with Crippen LogP contribution in [-0.4, -0.2) is 28.0 Å². The number of carbonyl (C=O) groups excluding carboxylic acids is 2. The van der Waals surface area contributed by atoms with Crippen molar-refractivity contribution in [2.24, 2.45) is 5.92 Å². The van der Waals surface area contributed by atoms with Gasteiger partial charge < -0.3 is 10.2 Å². The minimum Gasteiger partial charge on any atom is -0.508 e. The van der Waals surface area contributed by atoms with Gasteiger partial charge in [-0.05, 0) is 30.2 Å². The van der Waals surface area contributed by atoms with Crippen molar-refractivity contribution in [1.29, 1.82) is 0 Å². The predicted octanol–water partition coefficient (Wildman–Crippen LogP) is 0.654. The summed E-state index contributed by atoms with van der Waals surface area (Å²) in [6.45, 7) is 1.63. The van der Waals surface area contributed by atoms with Crippen molar-refractivity contribution in [2.45, 2.75) is 19.8 Å². The maximum absolute atomic E-state index is 11.6. The van der Waals surface area contributed by atoms with Gasteiger partial charge in [0, 0.05) is 18.4 Å². The molecule has 1 aromatic carbocycles. The molecular formula is C13H16N2O5. The lowest BCUT2D eigenvalue weighted by Crippen LogP contribution is -2.42. The Morgan fingerprint density at radius 2 is 1.70 bits per heavy atom. The van der Waals surface area contributed by atoms with Gasteiger partial charge in [-0.25, -0.2) is 0 Å². The number of hydrogen-bond acceptors (Lipinski definition) is 4. The van der Waals surface area contributed by atoms with Crippen molar-refractivity contribution >= 4 is 17.8 Å². The number of hydrogen-bond donors (Lipinski definition) is 4. The number of phenols is 1. The Hall–Kier alpha value is -2.57. The van der Waals surface area contributed by atoms with E-state index in [-0.39, 0.29) is 30.1 Å². The third kappa shape index (κ3) is 5.38. The fraction of sp³-hybridized carbons (Fsp3) is 0.308. The predicted molar refractivity (Wildman–Crippen MR) is 69.7 cm³/mol. The van der Waals surface area contributed by atoms with Crippen LogP contribution in [-0.2, 0) is 9.59 Å². The Labute approximate surface area is 115 Å². The SMILES string of the molecule is C[C@H](CC(=O)O)CC(=O)NNC(=O)c1ccc(O)cc1. The summed E-state index contributed by atoms with van der Waals surface area (Å²) >= 11 is 0. The number of hydrazine groups is 1. The monoisotopic (exact) mass is 280 g/mol. The molecule has 108 valence electrons. The summed E-state index contributed by atoms with van der Waals surface area (Å²) in [5, 5.41) is 17.6. The molecule has 1 rings (SSSR count). The van der Waals surface area contributed by atoms with Crippen LogP contribution in [0.25, 0.3) is 0 Å². The van der Waals surface area contributed by atoms with Gasteiger partial charge in [-0.15, -0.1) is 0 Å². The number of nitrogens with one attached hydrogen (secondary N) is 2. The van der Waals surface area contributed by atoms with E-state index >= 15 is 0 Å². The first-order valence-electron chi connectivity index (χ1n) is 5.98. The number of aromatic hydroxyl groups is 1. The summed E-state index contributed by atoms with van der Waals surface area (Å²) in [6, 6.07) is 5.52. The van der Waals surface area contributed by atoms with E-state index in [1.165, 1.54) is 24.3 Å². The highest BCUT2D eigenvalue weighted by Crippen LogP contribution is 2.09. The van der Waals surface area contributed by atoms with E-state index in [1.807, 2.05) is 0 Å². The number of carboxylic acid groups (broad SMARTS) is 1. The minimum atomic E-state index is -0.974. The number of amides is 2. The first-order chi connectivity index (χ1) is 9.38. The molecule has 0 fully saturated rings. The highest BCUT2D eigenvalue weighted by molar-refractivity contribution is 5.95. The molecule has 0 aliphatic heterocycles. The van der Waals surface area contributed by atoms with Gasteiger partial charge in [-0.1, -0.05) is 6.92 Å². The molecular weight excluding hydrogens is 264 g/mol. The van der Waals surface area contributed by atoms with Crippen LogP contribution in [0, 0.1) is 5.92 Å². The molecule has 0 aliphatic rings. The molecule has 0 saturated heterocycles. The zero-order chi connectivity index (χ0) is 15.1. The van der Waals surface area contributed by atoms with E-state index in [1.54, 1.807) is 6.92 Å². The lowest BCUT2D eigenvalue weighted by molar-refractivity contribution is -0.138. The van der Waals surface area contributed by atoms with Crippen LogP contribution in [0.2, 0.25) is 0 Å². The van der Waals surface area contributed by atoms with Gasteiger partial charge in [0.1, 0.15) is 5.75 Å². The van der Waals surface area contributed by atoms with Crippen LogP contribution in [0.1, 0.15) is 30.1 Å². The molecule has 0 aliphatic carbocycles. The molecule has 0 radical (unpaired) electrons. The van der Waals surface area contributed by atoms with Crippen molar-refractivity contribution in [3.8, 4) is 5.75 Å². The highest BCUT2D eigenvalue weighted by Gasteiger charge is 2.13. The van der Waals surface area contributed by atoms with Gasteiger partial charge in [0.15, 0.2) is 0 Å². The number of rotatable bonds is 5. The Morgan fingerprint density at radius 1 is 1.10 bits per heavy atom. The molecule has 0 unspecified atom stereocenters. The average Bonchev–Trinajstić information content (AvgIpc) is 2.35. The van der Waals surface area contributed by atoms with Gasteiger partial charge in [0.25, 0.3) is 5.91 Å². The lowest BCUT2D eigenvalue weighted by atomic mass is 10.0. The van der Waals surface area contributed by atoms with Crippen molar-refractivity contribution in [3.63, 3.8) is 0 Å². The second-order valence-electron chi connectivity index (χ2n) is 4.46. The van der Waals surface area contributed by atoms with Crippen molar-refractivity contribution in [2.75, 3.05) is 0 Å². The molecule has 0 heterocycles. The van der Waals surface area contributed by atoms with E-state index in [0.717, 1.165) is 0 Å². The minimum absolute atomic E-state index is 0.00214. The van der Waals surface area contributed by atoms with Crippen LogP contribution >= 0.6 is 0 Å². The lowest BCUT2D eigenvalue weighted by Gasteiger charge is -2.10. The van der Waals surface area contributed by atoms with Gasteiger partial charge >= 0.3 is 5.97 Å². The Balaban J connectivity index is 2.39. The molecule has 0 aromatic heterocycles. The van der Waals surface area contributed by atoms with Crippen LogP contribution in [0.3, 0.4) is 0 Å². The molecule has 0 bridgehead atoms. The number of carboxylic acids is 1. The summed E-state index contributed by atoms with van der Waals surface area (Å²) in [7, 11) is 0. The smallest absolute Gasteiger partial charge is 0.303 e. The molecule has 1 atom stereocenters. The summed E-state index contributed by atoms with van der Waals surface area (Å²) < 4.78 is 0. The molecule has 0 spiro atoms. The molecule has 7 heteroatoms. The first-order valence-corrected chi connectivity index (χ1v) is 5.98. The quantitative estimate of drug-likeness (QED) is 0.591. The number of aliphatic carboxylic acids is 1. The topological polar surface area (TPSA) is 116 Å². The second kappa shape index (κ2) is 7.13. The number of carbonyl (C=O) groups is 3. The van der Waals surface area contributed by atoms with E-state index in [9.17, 15) is 14.4 Å². The van der Waals surface area contributed by atoms with E-state index in [2.05, 4.69) is 10.9 Å². The highest BCUT2D eigenvalue weighted by atomic mass is 16.4. The van der Waals surface area contributed by atoms with Crippen molar-refractivity contribution < 1.29 is 24.6 Å². The van der Waals surface area contributed by atoms with E-state index in [0.29, 0.717) is 0 Å². The Kier molecular flexibility index (Phi) is 5.52. The van der Waals surface area contributed by atoms with Crippen molar-refractivity contribution in [3.05, 3.63) is 29.8 Å². The molecule has 1 aromatic rings. The second-order valence-corrected chi connectivity index (χ2v) is 4.46. The zero-order valence-electron chi connectivity index (χ0n) is 10.9. The zero-order valence-corrected chi connectivity index (χ0v) is 10.9. The average molecular weight is 280 g/mol. The fourth-order valence-corrected chi connectivity index (χ4v) is 1.55. The molecule has 7 nitrogen and oxygen atoms in total. The largest absolute Gasteiger partial charge is 0.508 e. The molecule has 20 heavy (non-hydrogen) atoms. The first kappa shape index (κ1) is 15.5. The third-order valence-corrected chi connectivity index (χ3v) is 2.50. The summed E-state index contributed by atoms with van der Waals surface area (Å²) in [5.74, 6) is -2.25. The van der Waals surface area contributed by atoms with Crippen LogP contribution in [0.5, 0.6) is 5.75 Å². The maximum Gasteiger partial charge on any atom is 0.303 e.